The number of nitrogens with zero attached hydrogens (tertiary/aromatic N) is 1. The molecule has 0 spiro atoms. The van der Waals surface area contributed by atoms with Crippen molar-refractivity contribution < 1.29 is 14.3 Å². The summed E-state index contributed by atoms with van der Waals surface area (Å²) in [6, 6.07) is 0. The third-order valence-corrected chi connectivity index (χ3v) is 2.85. The number of carbonyl (C=O) groups excluding carboxylic acids is 1. The molecule has 0 bridgehead atoms. The molecule has 1 rings (SSSR count). The van der Waals surface area contributed by atoms with Crippen LogP contribution in [0.3, 0.4) is 0 Å². The predicted octanol–water partition coefficient (Wildman–Crippen LogP) is 1.44. The van der Waals surface area contributed by atoms with Crippen LogP contribution in [0.2, 0.25) is 0 Å². The Morgan fingerprint density at radius 1 is 1.25 bits per heavy atom. The van der Waals surface area contributed by atoms with E-state index < -0.39 is 0 Å². The Labute approximate surface area is 97.9 Å². The van der Waals surface area contributed by atoms with Crippen LogP contribution < -0.4 is 0 Å². The lowest BCUT2D eigenvalue weighted by molar-refractivity contribution is -0.120. The quantitative estimate of drug-likeness (QED) is 0.467. The lowest BCUT2D eigenvalue weighted by atomic mass is 10.1. The highest BCUT2D eigenvalue weighted by Crippen LogP contribution is 2.11. The van der Waals surface area contributed by atoms with Crippen LogP contribution in [0.4, 0.5) is 0 Å². The maximum atomic E-state index is 10.5. The SMILES string of the molecule is CCCCOCCOC1CCN(C=O)CC1. The molecule has 1 heterocycles. The number of likely N-dealkylation sites (tertiary alicyclic amines) is 1. The molecule has 1 amide bonds. The molecule has 0 aliphatic carbocycles. The molecule has 0 aromatic heterocycles. The summed E-state index contributed by atoms with van der Waals surface area (Å²) in [6.07, 6.45) is 5.43. The van der Waals surface area contributed by atoms with Gasteiger partial charge in [0, 0.05) is 19.7 Å². The molecule has 4 nitrogen and oxygen atoms in total. The second-order valence-corrected chi connectivity index (χ2v) is 4.18. The van der Waals surface area contributed by atoms with Gasteiger partial charge in [-0.05, 0) is 19.3 Å². The van der Waals surface area contributed by atoms with Crippen LogP contribution >= 0.6 is 0 Å². The molecule has 0 radical (unpaired) electrons. The van der Waals surface area contributed by atoms with Gasteiger partial charge in [-0.1, -0.05) is 13.3 Å². The van der Waals surface area contributed by atoms with Crippen molar-refractivity contribution in [3.63, 3.8) is 0 Å². The Bertz CT molecular complexity index is 179. The first-order valence-electron chi connectivity index (χ1n) is 6.25. The van der Waals surface area contributed by atoms with Crippen LogP contribution in [0.15, 0.2) is 0 Å². The molecule has 16 heavy (non-hydrogen) atoms. The van der Waals surface area contributed by atoms with E-state index in [2.05, 4.69) is 6.92 Å². The van der Waals surface area contributed by atoms with E-state index in [1.54, 1.807) is 4.90 Å². The minimum absolute atomic E-state index is 0.311. The van der Waals surface area contributed by atoms with Crippen molar-refractivity contribution in [3.8, 4) is 0 Å². The highest BCUT2D eigenvalue weighted by Gasteiger charge is 2.17. The molecule has 0 N–H and O–H groups in total. The van der Waals surface area contributed by atoms with Crippen LogP contribution in [-0.2, 0) is 14.3 Å². The number of hydrogen-bond donors (Lipinski definition) is 0. The van der Waals surface area contributed by atoms with Gasteiger partial charge in [-0.2, -0.15) is 0 Å². The first-order valence-corrected chi connectivity index (χ1v) is 6.25. The molecule has 1 fully saturated rings. The second kappa shape index (κ2) is 8.53. The summed E-state index contributed by atoms with van der Waals surface area (Å²) in [7, 11) is 0. The van der Waals surface area contributed by atoms with Gasteiger partial charge in [0.05, 0.1) is 19.3 Å². The van der Waals surface area contributed by atoms with E-state index in [1.807, 2.05) is 0 Å². The lowest BCUT2D eigenvalue weighted by Crippen LogP contribution is -2.36. The Balaban J connectivity index is 1.92. The van der Waals surface area contributed by atoms with E-state index in [0.29, 0.717) is 19.3 Å². The van der Waals surface area contributed by atoms with Crippen LogP contribution in [0.1, 0.15) is 32.6 Å². The number of ether oxygens (including phenoxy) is 2. The van der Waals surface area contributed by atoms with Crippen molar-refractivity contribution in [2.75, 3.05) is 32.9 Å². The smallest absolute Gasteiger partial charge is 0.209 e. The van der Waals surface area contributed by atoms with Crippen LogP contribution in [0, 0.1) is 0 Å². The molecule has 0 aromatic carbocycles. The monoisotopic (exact) mass is 229 g/mol. The molecule has 0 atom stereocenters. The van der Waals surface area contributed by atoms with Crippen molar-refractivity contribution in [2.24, 2.45) is 0 Å². The van der Waals surface area contributed by atoms with Gasteiger partial charge in [0.25, 0.3) is 0 Å². The average Bonchev–Trinajstić information content (AvgIpc) is 2.34. The topological polar surface area (TPSA) is 38.8 Å². The normalized spacial score (nSPS) is 17.7. The number of rotatable bonds is 8. The van der Waals surface area contributed by atoms with Gasteiger partial charge in [-0.15, -0.1) is 0 Å². The Morgan fingerprint density at radius 2 is 2.00 bits per heavy atom. The van der Waals surface area contributed by atoms with E-state index in [0.717, 1.165) is 45.4 Å². The molecule has 1 aliphatic heterocycles. The van der Waals surface area contributed by atoms with E-state index in [4.69, 9.17) is 9.47 Å². The summed E-state index contributed by atoms with van der Waals surface area (Å²) in [6.45, 7) is 6.00. The van der Waals surface area contributed by atoms with Gasteiger partial charge in [-0.3, -0.25) is 4.79 Å². The summed E-state index contributed by atoms with van der Waals surface area (Å²) in [5.41, 5.74) is 0. The number of carbonyl (C=O) groups is 1. The highest BCUT2D eigenvalue weighted by atomic mass is 16.5. The third kappa shape index (κ3) is 5.47. The van der Waals surface area contributed by atoms with E-state index in [-0.39, 0.29) is 0 Å². The summed E-state index contributed by atoms with van der Waals surface area (Å²) in [5, 5.41) is 0. The van der Waals surface area contributed by atoms with Gasteiger partial charge in [0.15, 0.2) is 0 Å². The van der Waals surface area contributed by atoms with Crippen molar-refractivity contribution in [2.45, 2.75) is 38.7 Å². The lowest BCUT2D eigenvalue weighted by Gasteiger charge is -2.29. The second-order valence-electron chi connectivity index (χ2n) is 4.18. The van der Waals surface area contributed by atoms with Gasteiger partial charge >= 0.3 is 0 Å². The van der Waals surface area contributed by atoms with Gasteiger partial charge < -0.3 is 14.4 Å². The molecule has 94 valence electrons. The maximum Gasteiger partial charge on any atom is 0.209 e. The van der Waals surface area contributed by atoms with Crippen molar-refractivity contribution in [1.82, 2.24) is 4.90 Å². The molecule has 4 heteroatoms. The van der Waals surface area contributed by atoms with Gasteiger partial charge in [0.1, 0.15) is 0 Å². The van der Waals surface area contributed by atoms with E-state index in [1.165, 1.54) is 6.42 Å². The molecule has 1 aliphatic rings. The number of amides is 1. The standard InChI is InChI=1S/C12H23NO3/c1-2-3-8-15-9-10-16-12-4-6-13(11-14)7-5-12/h11-12H,2-10H2,1H3. The highest BCUT2D eigenvalue weighted by molar-refractivity contribution is 5.47. The molecule has 0 saturated carbocycles. The van der Waals surface area contributed by atoms with E-state index >= 15 is 0 Å². The predicted molar refractivity (Wildman–Crippen MR) is 62.3 cm³/mol. The average molecular weight is 229 g/mol. The maximum absolute atomic E-state index is 10.5. The minimum Gasteiger partial charge on any atom is -0.379 e. The van der Waals surface area contributed by atoms with E-state index in [9.17, 15) is 4.79 Å². The summed E-state index contributed by atoms with van der Waals surface area (Å²) in [4.78, 5) is 12.3. The van der Waals surface area contributed by atoms with Crippen LogP contribution in [-0.4, -0.2) is 50.3 Å². The molecular weight excluding hydrogens is 206 g/mol. The summed E-state index contributed by atoms with van der Waals surface area (Å²) in [5.74, 6) is 0. The molecule has 1 saturated heterocycles. The fourth-order valence-corrected chi connectivity index (χ4v) is 1.77. The van der Waals surface area contributed by atoms with Crippen LogP contribution in [0.5, 0.6) is 0 Å². The first-order chi connectivity index (χ1) is 7.86. The van der Waals surface area contributed by atoms with Crippen LogP contribution in [0.25, 0.3) is 0 Å². The largest absolute Gasteiger partial charge is 0.379 e. The fourth-order valence-electron chi connectivity index (χ4n) is 1.77. The Hall–Kier alpha value is -0.610. The molecular formula is C12H23NO3. The number of unbranched alkanes of at least 4 members (excludes halogenated alkanes) is 1. The third-order valence-electron chi connectivity index (χ3n) is 2.85. The Kier molecular flexibility index (Phi) is 7.17. The molecule has 0 aromatic rings. The first kappa shape index (κ1) is 13.5. The Morgan fingerprint density at radius 3 is 2.62 bits per heavy atom. The summed E-state index contributed by atoms with van der Waals surface area (Å²) >= 11 is 0. The van der Waals surface area contributed by atoms with Gasteiger partial charge in [-0.25, -0.2) is 0 Å². The zero-order chi connectivity index (χ0) is 11.6. The zero-order valence-electron chi connectivity index (χ0n) is 10.2. The number of piperidine rings is 1. The minimum atomic E-state index is 0.311. The number of hydrogen-bond acceptors (Lipinski definition) is 3. The summed E-state index contributed by atoms with van der Waals surface area (Å²) < 4.78 is 11.1. The van der Waals surface area contributed by atoms with Crippen molar-refractivity contribution >= 4 is 6.41 Å². The van der Waals surface area contributed by atoms with Crippen molar-refractivity contribution in [3.05, 3.63) is 0 Å². The van der Waals surface area contributed by atoms with Crippen molar-refractivity contribution in [1.29, 1.82) is 0 Å². The van der Waals surface area contributed by atoms with Gasteiger partial charge in [0.2, 0.25) is 6.41 Å². The zero-order valence-corrected chi connectivity index (χ0v) is 10.2. The fraction of sp³-hybridized carbons (Fsp3) is 0.917. The molecule has 0 unspecified atom stereocenters.